The van der Waals surface area contributed by atoms with Gasteiger partial charge in [-0.1, -0.05) is 50.0 Å². The van der Waals surface area contributed by atoms with Crippen LogP contribution >= 0.6 is 0 Å². The molecule has 3 fully saturated rings. The first-order chi connectivity index (χ1) is 13.7. The molecule has 3 heteroatoms. The van der Waals surface area contributed by atoms with Crippen LogP contribution in [0.1, 0.15) is 91.9 Å². The van der Waals surface area contributed by atoms with E-state index in [1.54, 1.807) is 5.57 Å². The lowest BCUT2D eigenvalue weighted by Crippen LogP contribution is -2.34. The van der Waals surface area contributed by atoms with Gasteiger partial charge >= 0.3 is 0 Å². The Morgan fingerprint density at radius 2 is 1.76 bits per heavy atom. The van der Waals surface area contributed by atoms with Crippen molar-refractivity contribution in [1.82, 2.24) is 0 Å². The third-order valence-corrected chi connectivity index (χ3v) is 8.23. The van der Waals surface area contributed by atoms with Crippen LogP contribution in [0, 0.1) is 29.6 Å². The third kappa shape index (κ3) is 5.95. The number of aliphatic hydroxyl groups excluding tert-OH is 2. The van der Waals surface area contributed by atoms with E-state index >= 15 is 0 Å². The molecule has 0 aromatic carbocycles. The van der Waals surface area contributed by atoms with E-state index in [-0.39, 0.29) is 5.92 Å². The van der Waals surface area contributed by atoms with Gasteiger partial charge in [0.15, 0.2) is 0 Å². The summed E-state index contributed by atoms with van der Waals surface area (Å²) in [4.78, 5) is 0. The van der Waals surface area contributed by atoms with Crippen LogP contribution in [0.15, 0.2) is 23.3 Å². The molecule has 166 valence electrons. The Morgan fingerprint density at radius 3 is 2.41 bits per heavy atom. The van der Waals surface area contributed by atoms with Crippen molar-refractivity contribution in [3.63, 3.8) is 0 Å². The van der Waals surface area contributed by atoms with Crippen LogP contribution in [0.3, 0.4) is 0 Å². The lowest BCUT2D eigenvalue weighted by molar-refractivity contribution is 0.00407. The number of hydrogen-bond acceptors (Lipinski definition) is 3. The Kier molecular flexibility index (Phi) is 7.67. The van der Waals surface area contributed by atoms with Crippen molar-refractivity contribution in [2.24, 2.45) is 29.6 Å². The van der Waals surface area contributed by atoms with E-state index in [2.05, 4.69) is 19.1 Å². The monoisotopic (exact) mass is 404 g/mol. The Balaban J connectivity index is 1.60. The fourth-order valence-electron chi connectivity index (χ4n) is 6.30. The Hall–Kier alpha value is -0.640. The molecule has 0 heterocycles. The number of aliphatic hydroxyl groups is 3. The van der Waals surface area contributed by atoms with Gasteiger partial charge < -0.3 is 15.3 Å². The van der Waals surface area contributed by atoms with Crippen LogP contribution in [0.5, 0.6) is 0 Å². The van der Waals surface area contributed by atoms with E-state index in [4.69, 9.17) is 0 Å². The van der Waals surface area contributed by atoms with Crippen molar-refractivity contribution < 1.29 is 15.3 Å². The van der Waals surface area contributed by atoms with Crippen LogP contribution in [0.4, 0.5) is 0 Å². The second-order valence-electron chi connectivity index (χ2n) is 11.1. The van der Waals surface area contributed by atoms with E-state index in [0.29, 0.717) is 12.8 Å². The van der Waals surface area contributed by atoms with Crippen molar-refractivity contribution in [3.05, 3.63) is 23.3 Å². The molecule has 0 amide bonds. The molecule has 3 saturated carbocycles. The lowest BCUT2D eigenvalue weighted by atomic mass is 9.71. The van der Waals surface area contributed by atoms with E-state index in [0.717, 1.165) is 36.5 Å². The highest BCUT2D eigenvalue weighted by Gasteiger charge is 2.41. The summed E-state index contributed by atoms with van der Waals surface area (Å²) in [7, 11) is 0. The van der Waals surface area contributed by atoms with E-state index in [9.17, 15) is 15.3 Å². The molecule has 0 bridgehead atoms. The molecule has 3 nitrogen and oxygen atoms in total. The fourth-order valence-corrected chi connectivity index (χ4v) is 6.30. The number of rotatable bonds is 6. The first-order valence-electron chi connectivity index (χ1n) is 12.1. The Bertz CT molecular complexity index is 586. The fraction of sp³-hybridized carbons (Fsp3) is 0.846. The molecule has 0 aromatic heterocycles. The van der Waals surface area contributed by atoms with Crippen LogP contribution in [-0.4, -0.2) is 33.1 Å². The largest absolute Gasteiger partial charge is 0.392 e. The molecule has 3 aliphatic rings. The predicted molar refractivity (Wildman–Crippen MR) is 119 cm³/mol. The van der Waals surface area contributed by atoms with Crippen molar-refractivity contribution in [2.75, 3.05) is 0 Å². The molecule has 0 aromatic rings. The highest BCUT2D eigenvalue weighted by Crippen LogP contribution is 2.51. The Labute approximate surface area is 178 Å². The summed E-state index contributed by atoms with van der Waals surface area (Å²) in [6.45, 7) is 8.21. The van der Waals surface area contributed by atoms with Gasteiger partial charge in [0.25, 0.3) is 0 Å². The zero-order chi connectivity index (χ0) is 21.2. The minimum atomic E-state index is -0.537. The second-order valence-corrected chi connectivity index (χ2v) is 11.1. The quantitative estimate of drug-likeness (QED) is 0.556. The molecule has 29 heavy (non-hydrogen) atoms. The molecule has 0 aliphatic heterocycles. The average Bonchev–Trinajstić information content (AvgIpc) is 3.08. The van der Waals surface area contributed by atoms with E-state index < -0.39 is 17.8 Å². The van der Waals surface area contributed by atoms with Crippen LogP contribution in [-0.2, 0) is 0 Å². The average molecular weight is 405 g/mol. The number of hydrogen-bond donors (Lipinski definition) is 3. The molecule has 0 radical (unpaired) electrons. The lowest BCUT2D eigenvalue weighted by Gasteiger charge is -2.35. The van der Waals surface area contributed by atoms with Crippen molar-refractivity contribution >= 4 is 0 Å². The van der Waals surface area contributed by atoms with Gasteiger partial charge in [0.2, 0.25) is 0 Å². The van der Waals surface area contributed by atoms with Crippen molar-refractivity contribution in [2.45, 2.75) is 110 Å². The van der Waals surface area contributed by atoms with Gasteiger partial charge in [0, 0.05) is 5.92 Å². The zero-order valence-corrected chi connectivity index (χ0v) is 19.1. The number of allylic oxidation sites excluding steroid dienone is 3. The standard InChI is InChI=1S/C26H44O3/c1-17(7-6-14-26(3,4)29)21-12-13-22-20(8-5-9-23(21)22)11-10-19-15-24(27)18(2)25(28)16-19/h10-11,17-18,21-25,27-29H,5-9,12-16H2,1-4H3/b19-10?,20-11+/t17-,18?,21-,22+,23?,24-,25-/m1/s1. The maximum Gasteiger partial charge on any atom is 0.0627 e. The van der Waals surface area contributed by atoms with Gasteiger partial charge in [-0.2, -0.15) is 0 Å². The topological polar surface area (TPSA) is 60.7 Å². The molecule has 3 N–H and O–H groups in total. The minimum absolute atomic E-state index is 0.0210. The van der Waals surface area contributed by atoms with Gasteiger partial charge in [-0.05, 0) is 88.9 Å². The maximum atomic E-state index is 10.2. The van der Waals surface area contributed by atoms with Crippen LogP contribution < -0.4 is 0 Å². The molecule has 3 rings (SSSR count). The molecule has 1 unspecified atom stereocenters. The van der Waals surface area contributed by atoms with Gasteiger partial charge in [-0.25, -0.2) is 0 Å². The van der Waals surface area contributed by atoms with Crippen molar-refractivity contribution in [1.29, 1.82) is 0 Å². The highest BCUT2D eigenvalue weighted by molar-refractivity contribution is 5.24. The summed E-state index contributed by atoms with van der Waals surface area (Å²) in [5.41, 5.74) is 2.28. The third-order valence-electron chi connectivity index (χ3n) is 8.23. The zero-order valence-electron chi connectivity index (χ0n) is 19.1. The summed E-state index contributed by atoms with van der Waals surface area (Å²) in [5, 5.41) is 30.4. The van der Waals surface area contributed by atoms with Gasteiger partial charge in [-0.15, -0.1) is 0 Å². The Morgan fingerprint density at radius 1 is 1.07 bits per heavy atom. The molecular formula is C26H44O3. The molecule has 0 spiro atoms. The van der Waals surface area contributed by atoms with E-state index in [1.807, 2.05) is 20.8 Å². The van der Waals surface area contributed by atoms with Crippen LogP contribution in [0.25, 0.3) is 0 Å². The SMILES string of the molecule is CC1[C@H](O)CC(=C/C=C2\CCCC3[C@H]2CC[C@@H]3[C@H](C)CCCC(C)(C)O)C[C@H]1O. The molecule has 3 aliphatic carbocycles. The number of fused-ring (bicyclic) bond motifs is 1. The maximum absolute atomic E-state index is 10.2. The van der Waals surface area contributed by atoms with Crippen LogP contribution in [0.2, 0.25) is 0 Å². The van der Waals surface area contributed by atoms with Gasteiger partial charge in [0.1, 0.15) is 0 Å². The first kappa shape index (κ1) is 23.0. The van der Waals surface area contributed by atoms with Crippen molar-refractivity contribution in [3.8, 4) is 0 Å². The summed E-state index contributed by atoms with van der Waals surface area (Å²) in [6, 6.07) is 0. The highest BCUT2D eigenvalue weighted by atomic mass is 16.3. The van der Waals surface area contributed by atoms with Gasteiger partial charge in [0.05, 0.1) is 17.8 Å². The predicted octanol–water partition coefficient (Wildman–Crippen LogP) is 5.39. The van der Waals surface area contributed by atoms with E-state index in [1.165, 1.54) is 44.1 Å². The second kappa shape index (κ2) is 9.66. The van der Waals surface area contributed by atoms with Gasteiger partial charge in [-0.3, -0.25) is 0 Å². The molecule has 0 saturated heterocycles. The molecular weight excluding hydrogens is 360 g/mol. The smallest absolute Gasteiger partial charge is 0.0627 e. The first-order valence-corrected chi connectivity index (χ1v) is 12.1. The minimum Gasteiger partial charge on any atom is -0.392 e. The summed E-state index contributed by atoms with van der Waals surface area (Å²) < 4.78 is 0. The molecule has 6 atom stereocenters. The summed E-state index contributed by atoms with van der Waals surface area (Å²) in [5.74, 6) is 3.12. The normalized spacial score (nSPS) is 38.2. The summed E-state index contributed by atoms with van der Waals surface area (Å²) >= 11 is 0. The summed E-state index contributed by atoms with van der Waals surface area (Å²) in [6.07, 6.45) is 15.0.